The Morgan fingerprint density at radius 3 is 3.14 bits per heavy atom. The maximum Gasteiger partial charge on any atom is 0.249 e. The fourth-order valence-corrected chi connectivity index (χ4v) is 2.32. The number of carbonyl (C=O) groups excluding carboxylic acids is 1. The molecule has 3 rings (SSSR count). The van der Waals surface area contributed by atoms with Gasteiger partial charge in [0.05, 0.1) is 6.54 Å². The molecule has 0 bridgehead atoms. The number of rotatable bonds is 4. The predicted octanol–water partition coefficient (Wildman–Crippen LogP) is 2.19. The smallest absolute Gasteiger partial charge is 0.249 e. The fourth-order valence-electron chi connectivity index (χ4n) is 2.13. The zero-order valence-corrected chi connectivity index (χ0v) is 12.0. The summed E-state index contributed by atoms with van der Waals surface area (Å²) >= 11 is 5.92. The van der Waals surface area contributed by atoms with Crippen LogP contribution in [-0.2, 0) is 16.1 Å². The molecule has 2 heterocycles. The summed E-state index contributed by atoms with van der Waals surface area (Å²) in [4.78, 5) is 16.0. The molecule has 0 radical (unpaired) electrons. The molecule has 0 saturated carbocycles. The van der Waals surface area contributed by atoms with Crippen molar-refractivity contribution in [2.24, 2.45) is 0 Å². The largest absolute Gasteiger partial charge is 0.368 e. The lowest BCUT2D eigenvalue weighted by molar-refractivity contribution is -0.130. The third-order valence-corrected chi connectivity index (χ3v) is 3.42. The Kier molecular flexibility index (Phi) is 4.17. The van der Waals surface area contributed by atoms with Gasteiger partial charge in [0.15, 0.2) is 0 Å². The van der Waals surface area contributed by atoms with E-state index in [4.69, 9.17) is 20.9 Å². The molecule has 1 fully saturated rings. The second-order valence-electron chi connectivity index (χ2n) is 4.74. The maximum absolute atomic E-state index is 11.8. The van der Waals surface area contributed by atoms with Crippen molar-refractivity contribution in [3.05, 3.63) is 35.2 Å². The van der Waals surface area contributed by atoms with E-state index in [1.807, 2.05) is 12.1 Å². The highest BCUT2D eigenvalue weighted by Crippen LogP contribution is 2.20. The van der Waals surface area contributed by atoms with Gasteiger partial charge < -0.3 is 14.6 Å². The number of aromatic nitrogens is 2. The van der Waals surface area contributed by atoms with Gasteiger partial charge in [0.2, 0.25) is 17.6 Å². The molecular formula is C14H14ClN3O3. The van der Waals surface area contributed by atoms with Gasteiger partial charge in [0.25, 0.3) is 0 Å². The van der Waals surface area contributed by atoms with Crippen LogP contribution in [0.5, 0.6) is 0 Å². The Morgan fingerprint density at radius 2 is 2.38 bits per heavy atom. The van der Waals surface area contributed by atoms with Crippen LogP contribution in [-0.4, -0.2) is 28.8 Å². The SMILES string of the molecule is O=C(NCc1nc(-c2cccc(Cl)c2)no1)C1CCCO1. The predicted molar refractivity (Wildman–Crippen MR) is 75.6 cm³/mol. The molecule has 110 valence electrons. The second kappa shape index (κ2) is 6.24. The highest BCUT2D eigenvalue weighted by Gasteiger charge is 2.23. The van der Waals surface area contributed by atoms with Crippen LogP contribution in [0.1, 0.15) is 18.7 Å². The zero-order valence-electron chi connectivity index (χ0n) is 11.2. The first kappa shape index (κ1) is 14.0. The van der Waals surface area contributed by atoms with Crippen LogP contribution < -0.4 is 5.32 Å². The molecule has 0 spiro atoms. The summed E-state index contributed by atoms with van der Waals surface area (Å²) in [6.07, 6.45) is 1.31. The van der Waals surface area contributed by atoms with E-state index < -0.39 is 0 Å². The van der Waals surface area contributed by atoms with E-state index in [1.54, 1.807) is 12.1 Å². The van der Waals surface area contributed by atoms with E-state index >= 15 is 0 Å². The summed E-state index contributed by atoms with van der Waals surface area (Å²) < 4.78 is 10.4. The number of carbonyl (C=O) groups is 1. The molecule has 6 nitrogen and oxygen atoms in total. The highest BCUT2D eigenvalue weighted by molar-refractivity contribution is 6.30. The Labute approximate surface area is 126 Å². The first-order chi connectivity index (χ1) is 10.2. The van der Waals surface area contributed by atoms with Crippen LogP contribution in [0.25, 0.3) is 11.4 Å². The highest BCUT2D eigenvalue weighted by atomic mass is 35.5. The van der Waals surface area contributed by atoms with E-state index in [1.165, 1.54) is 0 Å². The summed E-state index contributed by atoms with van der Waals surface area (Å²) in [5.41, 5.74) is 0.767. The minimum Gasteiger partial charge on any atom is -0.368 e. The number of amides is 1. The summed E-state index contributed by atoms with van der Waals surface area (Å²) in [7, 11) is 0. The van der Waals surface area contributed by atoms with Crippen molar-refractivity contribution in [1.29, 1.82) is 0 Å². The summed E-state index contributed by atoms with van der Waals surface area (Å²) in [6, 6.07) is 7.17. The second-order valence-corrected chi connectivity index (χ2v) is 5.18. The number of benzene rings is 1. The standard InChI is InChI=1S/C14H14ClN3O3/c15-10-4-1-3-9(7-10)13-17-12(21-18-13)8-16-14(19)11-5-2-6-20-11/h1,3-4,7,11H,2,5-6,8H2,(H,16,19). The molecule has 1 amide bonds. The van der Waals surface area contributed by atoms with Crippen molar-refractivity contribution in [3.8, 4) is 11.4 Å². The molecule has 1 atom stereocenters. The lowest BCUT2D eigenvalue weighted by Gasteiger charge is -2.07. The third-order valence-electron chi connectivity index (χ3n) is 3.19. The molecule has 21 heavy (non-hydrogen) atoms. The Morgan fingerprint density at radius 1 is 1.48 bits per heavy atom. The Balaban J connectivity index is 1.61. The van der Waals surface area contributed by atoms with Gasteiger partial charge in [-0.1, -0.05) is 28.9 Å². The van der Waals surface area contributed by atoms with Crippen molar-refractivity contribution in [2.45, 2.75) is 25.5 Å². The lowest BCUT2D eigenvalue weighted by atomic mass is 10.2. The van der Waals surface area contributed by atoms with Gasteiger partial charge >= 0.3 is 0 Å². The molecular weight excluding hydrogens is 294 g/mol. The van der Waals surface area contributed by atoms with Crippen LogP contribution in [0.15, 0.2) is 28.8 Å². The van der Waals surface area contributed by atoms with Crippen LogP contribution >= 0.6 is 11.6 Å². The molecule has 1 unspecified atom stereocenters. The van der Waals surface area contributed by atoms with Crippen molar-refractivity contribution in [2.75, 3.05) is 6.61 Å². The molecule has 1 N–H and O–H groups in total. The lowest BCUT2D eigenvalue weighted by Crippen LogP contribution is -2.33. The summed E-state index contributed by atoms with van der Waals surface area (Å²) in [5.74, 6) is 0.644. The number of nitrogens with one attached hydrogen (secondary N) is 1. The Bertz CT molecular complexity index is 638. The van der Waals surface area contributed by atoms with Gasteiger partial charge in [-0.2, -0.15) is 4.98 Å². The minimum absolute atomic E-state index is 0.144. The zero-order chi connectivity index (χ0) is 14.7. The molecule has 7 heteroatoms. The number of hydrogen-bond donors (Lipinski definition) is 1. The summed E-state index contributed by atoms with van der Waals surface area (Å²) in [6.45, 7) is 0.823. The van der Waals surface area contributed by atoms with Crippen LogP contribution in [0.4, 0.5) is 0 Å². The third kappa shape index (κ3) is 3.40. The molecule has 1 saturated heterocycles. The van der Waals surface area contributed by atoms with Gasteiger partial charge in [-0.15, -0.1) is 0 Å². The van der Waals surface area contributed by atoms with E-state index in [-0.39, 0.29) is 18.6 Å². The first-order valence-electron chi connectivity index (χ1n) is 6.70. The van der Waals surface area contributed by atoms with Crippen molar-refractivity contribution < 1.29 is 14.1 Å². The van der Waals surface area contributed by atoms with Crippen LogP contribution in [0, 0.1) is 0 Å². The van der Waals surface area contributed by atoms with E-state index in [9.17, 15) is 4.79 Å². The quantitative estimate of drug-likeness (QED) is 0.937. The monoisotopic (exact) mass is 307 g/mol. The maximum atomic E-state index is 11.8. The molecule has 1 aliphatic heterocycles. The topological polar surface area (TPSA) is 77.3 Å². The van der Waals surface area contributed by atoms with Gasteiger partial charge in [-0.05, 0) is 25.0 Å². The molecule has 1 aliphatic rings. The van der Waals surface area contributed by atoms with Crippen molar-refractivity contribution >= 4 is 17.5 Å². The fraction of sp³-hybridized carbons (Fsp3) is 0.357. The number of ether oxygens (including phenoxy) is 1. The molecule has 2 aromatic rings. The van der Waals surface area contributed by atoms with Gasteiger partial charge in [0.1, 0.15) is 6.10 Å². The van der Waals surface area contributed by atoms with Gasteiger partial charge in [-0.25, -0.2) is 0 Å². The number of hydrogen-bond acceptors (Lipinski definition) is 5. The van der Waals surface area contributed by atoms with Crippen LogP contribution in [0.2, 0.25) is 5.02 Å². The van der Waals surface area contributed by atoms with Gasteiger partial charge in [0, 0.05) is 17.2 Å². The van der Waals surface area contributed by atoms with Crippen LogP contribution in [0.3, 0.4) is 0 Å². The van der Waals surface area contributed by atoms with E-state index in [0.29, 0.717) is 23.3 Å². The Hall–Kier alpha value is -1.92. The minimum atomic E-state index is -0.361. The molecule has 1 aromatic heterocycles. The molecule has 1 aromatic carbocycles. The summed E-state index contributed by atoms with van der Waals surface area (Å²) in [5, 5.41) is 7.21. The average molecular weight is 308 g/mol. The van der Waals surface area contributed by atoms with Crippen molar-refractivity contribution in [1.82, 2.24) is 15.5 Å². The number of nitrogens with zero attached hydrogens (tertiary/aromatic N) is 2. The van der Waals surface area contributed by atoms with Crippen molar-refractivity contribution in [3.63, 3.8) is 0 Å². The van der Waals surface area contributed by atoms with Gasteiger partial charge in [-0.3, -0.25) is 4.79 Å². The average Bonchev–Trinajstić information content (AvgIpc) is 3.16. The number of halogens is 1. The van der Waals surface area contributed by atoms with E-state index in [2.05, 4.69) is 15.5 Å². The first-order valence-corrected chi connectivity index (χ1v) is 7.08. The molecule has 0 aliphatic carbocycles. The normalized spacial score (nSPS) is 17.9. The van der Waals surface area contributed by atoms with E-state index in [0.717, 1.165) is 18.4 Å².